The molecule has 0 atom stereocenters. The summed E-state index contributed by atoms with van der Waals surface area (Å²) in [5, 5.41) is 1.80. The smallest absolute Gasteiger partial charge is 0.162 e. The monoisotopic (exact) mass is 338 g/mol. The van der Waals surface area contributed by atoms with Crippen LogP contribution in [0.5, 0.6) is 0 Å². The Morgan fingerprint density at radius 3 is 2.50 bits per heavy atom. The molecule has 3 aromatic rings. The number of anilines is 1. The fourth-order valence-electron chi connectivity index (χ4n) is 3.08. The second-order valence-electron chi connectivity index (χ2n) is 6.19. The number of piperazine rings is 1. The summed E-state index contributed by atoms with van der Waals surface area (Å²) in [6.07, 6.45) is 0. The van der Waals surface area contributed by atoms with Crippen LogP contribution in [0.25, 0.3) is 22.3 Å². The van der Waals surface area contributed by atoms with Crippen LogP contribution >= 0.6 is 11.6 Å². The molecule has 0 aliphatic carbocycles. The molecule has 1 saturated heterocycles. The van der Waals surface area contributed by atoms with Crippen LogP contribution in [0.3, 0.4) is 0 Å². The summed E-state index contributed by atoms with van der Waals surface area (Å²) in [5.41, 5.74) is 1.92. The fourth-order valence-corrected chi connectivity index (χ4v) is 3.27. The zero-order chi connectivity index (χ0) is 16.5. The van der Waals surface area contributed by atoms with Crippen molar-refractivity contribution < 1.29 is 0 Å². The lowest BCUT2D eigenvalue weighted by molar-refractivity contribution is 0.312. The summed E-state index contributed by atoms with van der Waals surface area (Å²) in [6, 6.07) is 15.9. The molecule has 0 radical (unpaired) electrons. The van der Waals surface area contributed by atoms with E-state index >= 15 is 0 Å². The molecule has 24 heavy (non-hydrogen) atoms. The lowest BCUT2D eigenvalue weighted by Gasteiger charge is -2.33. The minimum absolute atomic E-state index is 0.699. The van der Waals surface area contributed by atoms with Gasteiger partial charge >= 0.3 is 0 Å². The van der Waals surface area contributed by atoms with E-state index in [2.05, 4.69) is 22.9 Å². The predicted octanol–water partition coefficient (Wildman–Crippen LogP) is 3.70. The number of aromatic nitrogens is 2. The third kappa shape index (κ3) is 2.95. The molecule has 2 heterocycles. The van der Waals surface area contributed by atoms with Crippen molar-refractivity contribution in [1.29, 1.82) is 0 Å². The van der Waals surface area contributed by atoms with Crippen LogP contribution in [0.1, 0.15) is 0 Å². The highest BCUT2D eigenvalue weighted by molar-refractivity contribution is 6.30. The first kappa shape index (κ1) is 15.4. The maximum absolute atomic E-state index is 6.15. The minimum atomic E-state index is 0.699. The van der Waals surface area contributed by atoms with Crippen molar-refractivity contribution in [1.82, 2.24) is 14.9 Å². The molecule has 0 amide bonds. The molecule has 1 aromatic heterocycles. The topological polar surface area (TPSA) is 32.3 Å². The molecule has 122 valence electrons. The Kier molecular flexibility index (Phi) is 4.08. The molecule has 4 nitrogen and oxygen atoms in total. The molecule has 0 saturated carbocycles. The van der Waals surface area contributed by atoms with E-state index in [-0.39, 0.29) is 0 Å². The Bertz CT molecular complexity index is 872. The summed E-state index contributed by atoms with van der Waals surface area (Å²) < 4.78 is 0. The average Bonchev–Trinajstić information content (AvgIpc) is 2.61. The maximum atomic E-state index is 6.15. The number of likely N-dealkylation sites (N-methyl/N-ethyl adjacent to an activating group) is 1. The Labute approximate surface area is 146 Å². The van der Waals surface area contributed by atoms with Gasteiger partial charge in [0.1, 0.15) is 5.82 Å². The molecule has 1 fully saturated rings. The van der Waals surface area contributed by atoms with Crippen LogP contribution in [0.15, 0.2) is 48.5 Å². The van der Waals surface area contributed by atoms with Crippen molar-refractivity contribution >= 4 is 28.3 Å². The van der Waals surface area contributed by atoms with Gasteiger partial charge in [-0.05, 0) is 31.3 Å². The van der Waals surface area contributed by atoms with Gasteiger partial charge in [0, 0.05) is 42.2 Å². The van der Waals surface area contributed by atoms with Gasteiger partial charge in [-0.2, -0.15) is 0 Å². The van der Waals surface area contributed by atoms with Crippen LogP contribution in [0.2, 0.25) is 5.02 Å². The molecule has 0 unspecified atom stereocenters. The van der Waals surface area contributed by atoms with Gasteiger partial charge in [0.25, 0.3) is 0 Å². The molecule has 5 heteroatoms. The molecule has 0 spiro atoms. The highest BCUT2D eigenvalue weighted by Gasteiger charge is 2.19. The van der Waals surface area contributed by atoms with Gasteiger partial charge in [0.2, 0.25) is 0 Å². The lowest BCUT2D eigenvalue weighted by Crippen LogP contribution is -2.45. The highest BCUT2D eigenvalue weighted by atomic mass is 35.5. The summed E-state index contributed by atoms with van der Waals surface area (Å²) in [5.74, 6) is 1.74. The van der Waals surface area contributed by atoms with Gasteiger partial charge in [-0.25, -0.2) is 9.97 Å². The van der Waals surface area contributed by atoms with Crippen molar-refractivity contribution in [2.45, 2.75) is 0 Å². The van der Waals surface area contributed by atoms with Crippen LogP contribution in [0, 0.1) is 0 Å². The molecule has 2 aromatic carbocycles. The van der Waals surface area contributed by atoms with Crippen LogP contribution in [0.4, 0.5) is 5.82 Å². The van der Waals surface area contributed by atoms with Gasteiger partial charge in [0.05, 0.1) is 5.52 Å². The normalized spacial score (nSPS) is 15.8. The van der Waals surface area contributed by atoms with E-state index in [1.54, 1.807) is 0 Å². The third-order valence-electron chi connectivity index (χ3n) is 4.47. The van der Waals surface area contributed by atoms with Gasteiger partial charge < -0.3 is 9.80 Å². The van der Waals surface area contributed by atoms with Crippen LogP contribution < -0.4 is 4.90 Å². The molecule has 1 aliphatic heterocycles. The van der Waals surface area contributed by atoms with E-state index in [9.17, 15) is 0 Å². The first-order chi connectivity index (χ1) is 11.7. The maximum Gasteiger partial charge on any atom is 0.162 e. The number of nitrogens with zero attached hydrogens (tertiary/aromatic N) is 4. The number of hydrogen-bond donors (Lipinski definition) is 0. The standard InChI is InChI=1S/C19H19ClN4/c1-23-9-11-24(12-10-23)19-16-7-2-3-8-17(16)21-18(22-19)14-5-4-6-15(20)13-14/h2-8,13H,9-12H2,1H3. The number of rotatable bonds is 2. The van der Waals surface area contributed by atoms with Crippen LogP contribution in [-0.2, 0) is 0 Å². The van der Waals surface area contributed by atoms with Crippen LogP contribution in [-0.4, -0.2) is 48.1 Å². The molecular weight excluding hydrogens is 320 g/mol. The summed E-state index contributed by atoms with van der Waals surface area (Å²) in [6.45, 7) is 4.05. The zero-order valence-electron chi connectivity index (χ0n) is 13.6. The Morgan fingerprint density at radius 2 is 1.71 bits per heavy atom. The van der Waals surface area contributed by atoms with Gasteiger partial charge in [-0.1, -0.05) is 35.9 Å². The second kappa shape index (κ2) is 6.38. The van der Waals surface area contributed by atoms with Crippen molar-refractivity contribution in [3.8, 4) is 11.4 Å². The first-order valence-corrected chi connectivity index (χ1v) is 8.55. The number of hydrogen-bond acceptors (Lipinski definition) is 4. The number of fused-ring (bicyclic) bond motifs is 1. The lowest BCUT2D eigenvalue weighted by atomic mass is 10.1. The minimum Gasteiger partial charge on any atom is -0.353 e. The average molecular weight is 339 g/mol. The Balaban J connectivity index is 1.85. The van der Waals surface area contributed by atoms with Crippen molar-refractivity contribution in [2.24, 2.45) is 0 Å². The van der Waals surface area contributed by atoms with E-state index in [4.69, 9.17) is 21.6 Å². The molecular formula is C19H19ClN4. The Hall–Kier alpha value is -2.17. The zero-order valence-corrected chi connectivity index (χ0v) is 14.4. The summed E-state index contributed by atoms with van der Waals surface area (Å²) >= 11 is 6.15. The largest absolute Gasteiger partial charge is 0.353 e. The predicted molar refractivity (Wildman–Crippen MR) is 99.7 cm³/mol. The third-order valence-corrected chi connectivity index (χ3v) is 4.70. The second-order valence-corrected chi connectivity index (χ2v) is 6.63. The van der Waals surface area contributed by atoms with E-state index < -0.39 is 0 Å². The van der Waals surface area contributed by atoms with E-state index in [0.29, 0.717) is 5.02 Å². The molecule has 1 aliphatic rings. The van der Waals surface area contributed by atoms with Crippen molar-refractivity contribution in [3.05, 3.63) is 53.6 Å². The van der Waals surface area contributed by atoms with E-state index in [1.807, 2.05) is 42.5 Å². The molecule has 4 rings (SSSR count). The number of benzene rings is 2. The quantitative estimate of drug-likeness (QED) is 0.713. The molecule has 0 bridgehead atoms. The van der Waals surface area contributed by atoms with E-state index in [1.165, 1.54) is 0 Å². The SMILES string of the molecule is CN1CCN(c2nc(-c3cccc(Cl)c3)nc3ccccc23)CC1. The van der Waals surface area contributed by atoms with Crippen molar-refractivity contribution in [2.75, 3.05) is 38.1 Å². The fraction of sp³-hybridized carbons (Fsp3) is 0.263. The van der Waals surface area contributed by atoms with Crippen molar-refractivity contribution in [3.63, 3.8) is 0 Å². The van der Waals surface area contributed by atoms with Gasteiger partial charge in [-0.15, -0.1) is 0 Å². The van der Waals surface area contributed by atoms with Gasteiger partial charge in [-0.3, -0.25) is 0 Å². The number of halogens is 1. The van der Waals surface area contributed by atoms with Gasteiger partial charge in [0.15, 0.2) is 5.82 Å². The highest BCUT2D eigenvalue weighted by Crippen LogP contribution is 2.29. The first-order valence-electron chi connectivity index (χ1n) is 8.17. The van der Waals surface area contributed by atoms with E-state index in [0.717, 1.165) is 54.3 Å². The molecule has 0 N–H and O–H groups in total. The summed E-state index contributed by atoms with van der Waals surface area (Å²) in [4.78, 5) is 14.4. The number of para-hydroxylation sites is 1. The summed E-state index contributed by atoms with van der Waals surface area (Å²) in [7, 11) is 2.16. The Morgan fingerprint density at radius 1 is 0.917 bits per heavy atom.